The van der Waals surface area contributed by atoms with Crippen molar-refractivity contribution in [3.8, 4) is 0 Å². The fourth-order valence-electron chi connectivity index (χ4n) is 5.34. The van der Waals surface area contributed by atoms with Crippen LogP contribution in [-0.4, -0.2) is 46.8 Å². The number of amides is 3. The second-order valence-electron chi connectivity index (χ2n) is 9.40. The van der Waals surface area contributed by atoms with Crippen molar-refractivity contribution in [1.29, 1.82) is 0 Å². The molecule has 2 heterocycles. The van der Waals surface area contributed by atoms with E-state index in [4.69, 9.17) is 0 Å². The van der Waals surface area contributed by atoms with Gasteiger partial charge in [0.25, 0.3) is 0 Å². The molecule has 2 aliphatic heterocycles. The Morgan fingerprint density at radius 1 is 1.06 bits per heavy atom. The molecule has 2 fully saturated rings. The molecule has 0 aliphatic carbocycles. The van der Waals surface area contributed by atoms with Crippen LogP contribution in [0.15, 0.2) is 54.6 Å². The number of benzene rings is 2. The number of nitrogens with one attached hydrogen (secondary N) is 3. The highest BCUT2D eigenvalue weighted by atomic mass is 16.2. The van der Waals surface area contributed by atoms with E-state index in [1.54, 1.807) is 24.3 Å². The van der Waals surface area contributed by atoms with E-state index in [0.717, 1.165) is 25.7 Å². The van der Waals surface area contributed by atoms with Gasteiger partial charge in [0.1, 0.15) is 0 Å². The number of anilines is 2. The molecule has 33 heavy (non-hydrogen) atoms. The Hall–Kier alpha value is -3.19. The molecule has 3 N–H and O–H groups in total. The maximum atomic E-state index is 13.0. The zero-order valence-electron chi connectivity index (χ0n) is 19.3. The van der Waals surface area contributed by atoms with Gasteiger partial charge in [-0.3, -0.25) is 19.3 Å². The van der Waals surface area contributed by atoms with Crippen molar-refractivity contribution >= 4 is 29.1 Å². The summed E-state index contributed by atoms with van der Waals surface area (Å²) in [4.78, 5) is 38.9. The second-order valence-corrected chi connectivity index (χ2v) is 9.40. The number of nitrogens with zero attached hydrogens (tertiary/aromatic N) is 1. The lowest BCUT2D eigenvalue weighted by Gasteiger charge is -2.34. The number of likely N-dealkylation sites (tertiary alicyclic amines) is 1. The van der Waals surface area contributed by atoms with Crippen molar-refractivity contribution in [2.24, 2.45) is 0 Å². The van der Waals surface area contributed by atoms with Crippen molar-refractivity contribution in [2.45, 2.75) is 63.6 Å². The first-order valence-corrected chi connectivity index (χ1v) is 11.6. The Bertz CT molecular complexity index is 1010. The summed E-state index contributed by atoms with van der Waals surface area (Å²) in [5, 5.41) is 8.97. The van der Waals surface area contributed by atoms with E-state index in [1.807, 2.05) is 18.2 Å². The highest BCUT2D eigenvalue weighted by Crippen LogP contribution is 2.39. The molecular formula is C26H32N4O3. The van der Waals surface area contributed by atoms with E-state index in [9.17, 15) is 14.4 Å². The monoisotopic (exact) mass is 448 g/mol. The third kappa shape index (κ3) is 5.60. The zero-order valence-corrected chi connectivity index (χ0v) is 19.3. The molecule has 2 saturated heterocycles. The molecule has 174 valence electrons. The molecule has 2 aromatic rings. The topological polar surface area (TPSA) is 90.5 Å². The molecule has 0 aromatic heterocycles. The minimum absolute atomic E-state index is 0.0832. The SMILES string of the molecule is CC(=O)Nc1ccc(NC(=O)CN2[C@H](Cc3ccccc3)C[C@]3(C)NC(=O)CCC[C@H]23)cc1. The summed E-state index contributed by atoms with van der Waals surface area (Å²) < 4.78 is 0. The molecular weight excluding hydrogens is 416 g/mol. The van der Waals surface area contributed by atoms with Crippen LogP contribution in [-0.2, 0) is 20.8 Å². The maximum Gasteiger partial charge on any atom is 0.238 e. The van der Waals surface area contributed by atoms with E-state index in [1.165, 1.54) is 12.5 Å². The van der Waals surface area contributed by atoms with Gasteiger partial charge in [0.2, 0.25) is 17.7 Å². The third-order valence-electron chi connectivity index (χ3n) is 6.70. The predicted molar refractivity (Wildman–Crippen MR) is 129 cm³/mol. The predicted octanol–water partition coefficient (Wildman–Crippen LogP) is 3.33. The Morgan fingerprint density at radius 2 is 1.73 bits per heavy atom. The third-order valence-corrected chi connectivity index (χ3v) is 6.70. The first-order chi connectivity index (χ1) is 15.8. The summed E-state index contributed by atoms with van der Waals surface area (Å²) in [6.45, 7) is 3.85. The first-order valence-electron chi connectivity index (χ1n) is 11.6. The van der Waals surface area contributed by atoms with Crippen LogP contribution >= 0.6 is 0 Å². The Balaban J connectivity index is 1.49. The highest BCUT2D eigenvalue weighted by molar-refractivity contribution is 5.93. The largest absolute Gasteiger partial charge is 0.349 e. The lowest BCUT2D eigenvalue weighted by Crippen LogP contribution is -2.54. The summed E-state index contributed by atoms with van der Waals surface area (Å²) in [7, 11) is 0. The van der Waals surface area contributed by atoms with Gasteiger partial charge in [0, 0.05) is 36.8 Å². The van der Waals surface area contributed by atoms with Gasteiger partial charge < -0.3 is 16.0 Å². The smallest absolute Gasteiger partial charge is 0.238 e. The van der Waals surface area contributed by atoms with E-state index in [-0.39, 0.29) is 41.9 Å². The van der Waals surface area contributed by atoms with Crippen LogP contribution in [0.25, 0.3) is 0 Å². The van der Waals surface area contributed by atoms with Crippen LogP contribution in [0.1, 0.15) is 45.1 Å². The minimum Gasteiger partial charge on any atom is -0.349 e. The molecule has 4 rings (SSSR count). The molecule has 2 aliphatic rings. The molecule has 0 saturated carbocycles. The fraction of sp³-hybridized carbons (Fsp3) is 0.423. The second kappa shape index (κ2) is 9.75. The summed E-state index contributed by atoms with van der Waals surface area (Å²) in [6.07, 6.45) is 3.90. The molecule has 0 radical (unpaired) electrons. The van der Waals surface area contributed by atoms with Crippen molar-refractivity contribution in [2.75, 3.05) is 17.2 Å². The van der Waals surface area contributed by atoms with Crippen LogP contribution in [0, 0.1) is 0 Å². The van der Waals surface area contributed by atoms with Crippen LogP contribution in [0.2, 0.25) is 0 Å². The summed E-state index contributed by atoms with van der Waals surface area (Å²) >= 11 is 0. The number of fused-ring (bicyclic) bond motifs is 1. The van der Waals surface area contributed by atoms with Gasteiger partial charge in [0.05, 0.1) is 12.1 Å². The van der Waals surface area contributed by atoms with Gasteiger partial charge in [-0.15, -0.1) is 0 Å². The average molecular weight is 449 g/mol. The average Bonchev–Trinajstić information content (AvgIpc) is 2.90. The van der Waals surface area contributed by atoms with Gasteiger partial charge >= 0.3 is 0 Å². The van der Waals surface area contributed by atoms with E-state index in [0.29, 0.717) is 17.8 Å². The molecule has 7 nitrogen and oxygen atoms in total. The number of hydrogen-bond acceptors (Lipinski definition) is 4. The van der Waals surface area contributed by atoms with Crippen LogP contribution in [0.5, 0.6) is 0 Å². The van der Waals surface area contributed by atoms with Gasteiger partial charge in [-0.25, -0.2) is 0 Å². The molecule has 0 bridgehead atoms. The number of rotatable bonds is 6. The molecule has 0 spiro atoms. The lowest BCUT2D eigenvalue weighted by atomic mass is 9.89. The summed E-state index contributed by atoms with van der Waals surface area (Å²) in [5.41, 5.74) is 2.26. The highest BCUT2D eigenvalue weighted by Gasteiger charge is 2.50. The molecule has 7 heteroatoms. The normalized spacial score (nSPS) is 25.0. The number of carbonyl (C=O) groups is 3. The summed E-state index contributed by atoms with van der Waals surface area (Å²) in [5.74, 6) is -0.118. The minimum atomic E-state index is -0.340. The van der Waals surface area contributed by atoms with E-state index in [2.05, 4.69) is 39.9 Å². The fourth-order valence-corrected chi connectivity index (χ4v) is 5.34. The summed E-state index contributed by atoms with van der Waals surface area (Å²) in [6, 6.07) is 17.7. The first kappa shape index (κ1) is 23.0. The van der Waals surface area contributed by atoms with Gasteiger partial charge in [0.15, 0.2) is 0 Å². The standard InChI is InChI=1S/C26H32N4O3/c1-18(31)27-20-11-13-21(14-12-20)28-25(33)17-30-22(15-19-7-4-3-5-8-19)16-26(2)23(30)9-6-10-24(32)29-26/h3-5,7-8,11-14,22-23H,6,9-10,15-17H2,1-2H3,(H,27,31)(H,28,33)(H,29,32)/t22-,23+,26+/m1/s1. The van der Waals surface area contributed by atoms with Crippen molar-refractivity contribution in [3.63, 3.8) is 0 Å². The van der Waals surface area contributed by atoms with Gasteiger partial charge in [-0.1, -0.05) is 30.3 Å². The van der Waals surface area contributed by atoms with Crippen molar-refractivity contribution in [3.05, 3.63) is 60.2 Å². The van der Waals surface area contributed by atoms with Gasteiger partial charge in [-0.2, -0.15) is 0 Å². The molecule has 3 atom stereocenters. The van der Waals surface area contributed by atoms with Gasteiger partial charge in [-0.05, 0) is 62.4 Å². The van der Waals surface area contributed by atoms with E-state index >= 15 is 0 Å². The Morgan fingerprint density at radius 3 is 2.39 bits per heavy atom. The van der Waals surface area contributed by atoms with Crippen molar-refractivity contribution < 1.29 is 14.4 Å². The zero-order chi connectivity index (χ0) is 23.4. The molecule has 2 aromatic carbocycles. The Kier molecular flexibility index (Phi) is 6.79. The number of carbonyl (C=O) groups excluding carboxylic acids is 3. The molecule has 0 unspecified atom stereocenters. The maximum absolute atomic E-state index is 13.0. The number of hydrogen-bond donors (Lipinski definition) is 3. The van der Waals surface area contributed by atoms with Crippen LogP contribution in [0.4, 0.5) is 11.4 Å². The van der Waals surface area contributed by atoms with Crippen LogP contribution in [0.3, 0.4) is 0 Å². The van der Waals surface area contributed by atoms with Crippen molar-refractivity contribution in [1.82, 2.24) is 10.2 Å². The Labute approximate surface area is 194 Å². The van der Waals surface area contributed by atoms with Crippen LogP contribution < -0.4 is 16.0 Å². The molecule has 3 amide bonds. The lowest BCUT2D eigenvalue weighted by molar-refractivity contribution is -0.122. The van der Waals surface area contributed by atoms with E-state index < -0.39 is 0 Å². The quantitative estimate of drug-likeness (QED) is 0.632.